The van der Waals surface area contributed by atoms with Gasteiger partial charge in [0, 0.05) is 5.39 Å². The first-order valence-electron chi connectivity index (χ1n) is 7.40. The van der Waals surface area contributed by atoms with Gasteiger partial charge in [0.1, 0.15) is 11.3 Å². The van der Waals surface area contributed by atoms with Crippen molar-refractivity contribution in [2.75, 3.05) is 0 Å². The molecule has 0 N–H and O–H groups in total. The van der Waals surface area contributed by atoms with E-state index in [0.717, 1.165) is 5.39 Å². The van der Waals surface area contributed by atoms with E-state index in [4.69, 9.17) is 4.74 Å². The Bertz CT molecular complexity index is 1020. The Morgan fingerprint density at radius 1 is 0.600 bits per heavy atom. The van der Waals surface area contributed by atoms with Crippen LogP contribution in [0, 0.1) is 0 Å². The second-order valence-corrected chi connectivity index (χ2v) is 5.37. The van der Waals surface area contributed by atoms with Crippen LogP contribution >= 0.6 is 0 Å². The van der Waals surface area contributed by atoms with Crippen LogP contribution in [-0.2, 0) is 9.78 Å². The molecule has 2 aliphatic rings. The highest BCUT2D eigenvalue weighted by Crippen LogP contribution is 2.30. The van der Waals surface area contributed by atoms with Crippen LogP contribution in [0.25, 0.3) is 10.8 Å². The Labute approximate surface area is 141 Å². The molecule has 2 heterocycles. The van der Waals surface area contributed by atoms with Crippen LogP contribution in [0.15, 0.2) is 60.7 Å². The van der Waals surface area contributed by atoms with Gasteiger partial charge in [-0.25, -0.2) is 24.2 Å². The van der Waals surface area contributed by atoms with Crippen molar-refractivity contribution in [3.05, 3.63) is 77.4 Å². The fourth-order valence-corrected chi connectivity index (χ4v) is 2.61. The van der Waals surface area contributed by atoms with Gasteiger partial charge in [0.05, 0.1) is 11.1 Å². The molecule has 122 valence electrons. The number of esters is 1. The van der Waals surface area contributed by atoms with Crippen molar-refractivity contribution in [3.8, 4) is 5.75 Å². The number of fused-ring (bicyclic) bond motifs is 7. The first-order valence-corrected chi connectivity index (χ1v) is 7.40. The molecule has 2 bridgehead atoms. The highest BCUT2D eigenvalue weighted by Gasteiger charge is 2.24. The van der Waals surface area contributed by atoms with Gasteiger partial charge < -0.3 is 4.74 Å². The minimum atomic E-state index is -0.928. The summed E-state index contributed by atoms with van der Waals surface area (Å²) >= 11 is 0. The van der Waals surface area contributed by atoms with Gasteiger partial charge in [-0.2, -0.15) is 0 Å². The number of ether oxygens (including phenoxy) is 1. The number of hydrogen-bond acceptors (Lipinski definition) is 6. The third-order valence-corrected chi connectivity index (χ3v) is 3.85. The standard InChI is InChI=1S/C19H10O6/c20-17-12-5-7-13(8-6-12)18(21)24-25-19(22)16-14-4-2-1-3-11(14)9-10-15(16)23-17/h1-10H. The van der Waals surface area contributed by atoms with E-state index in [1.54, 1.807) is 24.3 Å². The summed E-state index contributed by atoms with van der Waals surface area (Å²) in [5.74, 6) is -2.39. The van der Waals surface area contributed by atoms with Gasteiger partial charge in [0.15, 0.2) is 0 Å². The third kappa shape index (κ3) is 2.59. The molecule has 0 aliphatic carbocycles. The molecule has 0 aromatic heterocycles. The molecule has 0 saturated heterocycles. The lowest BCUT2D eigenvalue weighted by Crippen LogP contribution is -2.17. The molecule has 5 rings (SSSR count). The van der Waals surface area contributed by atoms with Crippen molar-refractivity contribution < 1.29 is 28.9 Å². The van der Waals surface area contributed by atoms with Crippen LogP contribution in [0.1, 0.15) is 31.1 Å². The molecule has 0 atom stereocenters. The van der Waals surface area contributed by atoms with Gasteiger partial charge in [0.2, 0.25) is 0 Å². The first kappa shape index (κ1) is 14.9. The maximum Gasteiger partial charge on any atom is 0.390 e. The second-order valence-electron chi connectivity index (χ2n) is 5.37. The predicted molar refractivity (Wildman–Crippen MR) is 86.2 cm³/mol. The van der Waals surface area contributed by atoms with Crippen molar-refractivity contribution in [1.29, 1.82) is 0 Å². The predicted octanol–water partition coefficient (Wildman–Crippen LogP) is 3.30. The topological polar surface area (TPSA) is 78.9 Å². The monoisotopic (exact) mass is 334 g/mol. The largest absolute Gasteiger partial charge is 0.422 e. The first-order chi connectivity index (χ1) is 12.1. The molecule has 3 aromatic rings. The van der Waals surface area contributed by atoms with Crippen molar-refractivity contribution in [2.45, 2.75) is 0 Å². The lowest BCUT2D eigenvalue weighted by atomic mass is 10.0. The smallest absolute Gasteiger partial charge is 0.390 e. The van der Waals surface area contributed by atoms with Gasteiger partial charge >= 0.3 is 17.9 Å². The number of rotatable bonds is 0. The van der Waals surface area contributed by atoms with E-state index in [1.807, 2.05) is 6.07 Å². The lowest BCUT2D eigenvalue weighted by Gasteiger charge is -2.13. The van der Waals surface area contributed by atoms with Gasteiger partial charge in [-0.3, -0.25) is 0 Å². The number of carbonyl (C=O) groups is 3. The van der Waals surface area contributed by atoms with Crippen LogP contribution in [0.5, 0.6) is 5.75 Å². The summed E-state index contributed by atoms with van der Waals surface area (Å²) < 4.78 is 5.37. The van der Waals surface area contributed by atoms with E-state index in [-0.39, 0.29) is 22.4 Å². The Kier molecular flexibility index (Phi) is 3.43. The highest BCUT2D eigenvalue weighted by molar-refractivity contribution is 6.08. The molecule has 0 saturated carbocycles. The molecular weight excluding hydrogens is 324 g/mol. The molecular formula is C19H10O6. The second kappa shape index (κ2) is 5.76. The summed E-state index contributed by atoms with van der Waals surface area (Å²) in [5.41, 5.74) is 0.391. The van der Waals surface area contributed by atoms with Crippen molar-refractivity contribution in [3.63, 3.8) is 0 Å². The Balaban J connectivity index is 1.91. The minimum absolute atomic E-state index is 0.00857. The molecule has 0 unspecified atom stereocenters. The summed E-state index contributed by atoms with van der Waals surface area (Å²) in [6.07, 6.45) is 0. The highest BCUT2D eigenvalue weighted by atomic mass is 17.2. The Hall–Kier alpha value is -3.67. The Morgan fingerprint density at radius 3 is 2.00 bits per heavy atom. The lowest BCUT2D eigenvalue weighted by molar-refractivity contribution is -0.187. The van der Waals surface area contributed by atoms with Crippen molar-refractivity contribution in [2.24, 2.45) is 0 Å². The van der Waals surface area contributed by atoms with Gasteiger partial charge in [-0.1, -0.05) is 30.3 Å². The SMILES string of the molecule is O=C1OOC(=O)c2c(ccc3ccccc23)OC(=O)c2ccc1cc2. The van der Waals surface area contributed by atoms with E-state index in [1.165, 1.54) is 30.3 Å². The number of carbonyl (C=O) groups excluding carboxylic acids is 3. The van der Waals surface area contributed by atoms with Gasteiger partial charge in [0.25, 0.3) is 0 Å². The summed E-state index contributed by atoms with van der Waals surface area (Å²) in [5, 5.41) is 1.26. The fraction of sp³-hybridized carbons (Fsp3) is 0. The van der Waals surface area contributed by atoms with Crippen LogP contribution in [0.3, 0.4) is 0 Å². The maximum atomic E-state index is 12.5. The molecule has 2 aliphatic heterocycles. The zero-order valence-electron chi connectivity index (χ0n) is 12.7. The number of hydrogen-bond donors (Lipinski definition) is 0. The molecule has 6 heteroatoms. The number of benzene rings is 3. The molecule has 3 aromatic carbocycles. The average molecular weight is 334 g/mol. The van der Waals surface area contributed by atoms with Crippen molar-refractivity contribution >= 4 is 28.7 Å². The van der Waals surface area contributed by atoms with Crippen LogP contribution in [0.2, 0.25) is 0 Å². The van der Waals surface area contributed by atoms with E-state index in [2.05, 4.69) is 9.78 Å². The molecule has 25 heavy (non-hydrogen) atoms. The van der Waals surface area contributed by atoms with E-state index in [0.29, 0.717) is 5.39 Å². The molecule has 6 nitrogen and oxygen atoms in total. The summed E-state index contributed by atoms with van der Waals surface area (Å²) in [4.78, 5) is 46.0. The van der Waals surface area contributed by atoms with E-state index in [9.17, 15) is 14.4 Å². The summed E-state index contributed by atoms with van der Waals surface area (Å²) in [7, 11) is 0. The minimum Gasteiger partial charge on any atom is -0.422 e. The molecule has 0 amide bonds. The van der Waals surface area contributed by atoms with Crippen molar-refractivity contribution in [1.82, 2.24) is 0 Å². The zero-order valence-corrected chi connectivity index (χ0v) is 12.7. The quantitative estimate of drug-likeness (QED) is 0.356. The summed E-state index contributed by atoms with van der Waals surface area (Å²) in [6.45, 7) is 0. The van der Waals surface area contributed by atoms with Gasteiger partial charge in [-0.15, -0.1) is 0 Å². The summed E-state index contributed by atoms with van der Waals surface area (Å²) in [6, 6.07) is 15.9. The van der Waals surface area contributed by atoms with E-state index < -0.39 is 17.9 Å². The third-order valence-electron chi connectivity index (χ3n) is 3.85. The molecule has 0 spiro atoms. The zero-order chi connectivity index (χ0) is 17.4. The average Bonchev–Trinajstić information content (AvgIpc) is 2.65. The van der Waals surface area contributed by atoms with E-state index >= 15 is 0 Å². The normalized spacial score (nSPS) is 14.0. The van der Waals surface area contributed by atoms with Gasteiger partial charge in [-0.05, 0) is 35.7 Å². The Morgan fingerprint density at radius 2 is 1.24 bits per heavy atom. The fourth-order valence-electron chi connectivity index (χ4n) is 2.61. The van der Waals surface area contributed by atoms with Crippen LogP contribution < -0.4 is 4.74 Å². The molecule has 0 radical (unpaired) electrons. The maximum absolute atomic E-state index is 12.5. The van der Waals surface area contributed by atoms with Crippen LogP contribution in [0.4, 0.5) is 0 Å². The molecule has 0 fully saturated rings. The van der Waals surface area contributed by atoms with Crippen LogP contribution in [-0.4, -0.2) is 17.9 Å².